The molecule has 0 atom stereocenters. The number of hydrogen-bond acceptors (Lipinski definition) is 5. The highest BCUT2D eigenvalue weighted by Crippen LogP contribution is 2.25. The van der Waals surface area contributed by atoms with Crippen LogP contribution in [0.5, 0.6) is 0 Å². The molecule has 0 aliphatic heterocycles. The fraction of sp³-hybridized carbons (Fsp3) is 0.375. The Morgan fingerprint density at radius 2 is 1.94 bits per heavy atom. The maximum Gasteiger partial charge on any atom is 0.267 e. The minimum Gasteiger partial charge on any atom is -0.327 e. The number of fused-ring (bicyclic) bond motifs is 1. The van der Waals surface area contributed by atoms with E-state index in [1.54, 1.807) is 17.8 Å². The van der Waals surface area contributed by atoms with E-state index in [1.165, 1.54) is 11.6 Å². The molecule has 1 amide bonds. The summed E-state index contributed by atoms with van der Waals surface area (Å²) in [7, 11) is 3.75. The zero-order valence-electron chi connectivity index (χ0n) is 19.0. The number of carbonyl (C=O) groups is 1. The summed E-state index contributed by atoms with van der Waals surface area (Å²) in [5.41, 5.74) is 5.74. The number of hydroxylamine groups is 1. The first-order chi connectivity index (χ1) is 14.8. The summed E-state index contributed by atoms with van der Waals surface area (Å²) in [6, 6.07) is 9.99. The van der Waals surface area contributed by atoms with Gasteiger partial charge in [-0.05, 0) is 61.3 Å². The molecule has 3 rings (SSSR count). The molecule has 0 saturated carbocycles. The maximum absolute atomic E-state index is 11.2. The zero-order chi connectivity index (χ0) is 22.9. The van der Waals surface area contributed by atoms with E-state index in [0.717, 1.165) is 41.8 Å². The van der Waals surface area contributed by atoms with Crippen LogP contribution < -0.4 is 10.8 Å². The molecule has 0 fully saturated rings. The van der Waals surface area contributed by atoms with E-state index in [4.69, 9.17) is 10.2 Å². The largest absolute Gasteiger partial charge is 0.327 e. The van der Waals surface area contributed by atoms with E-state index < -0.39 is 5.91 Å². The topological polar surface area (TPSA) is 92.1 Å². The van der Waals surface area contributed by atoms with Crippen LogP contribution in [0.25, 0.3) is 17.1 Å². The lowest BCUT2D eigenvalue weighted by atomic mass is 9.96. The molecule has 31 heavy (non-hydrogen) atoms. The van der Waals surface area contributed by atoms with E-state index in [1.807, 2.05) is 44.6 Å². The monoisotopic (exact) mass is 423 g/mol. The van der Waals surface area contributed by atoms with Gasteiger partial charge >= 0.3 is 0 Å². The first-order valence-corrected chi connectivity index (χ1v) is 10.4. The number of aromatic nitrogens is 3. The molecule has 1 aromatic carbocycles. The molecule has 0 saturated heterocycles. The van der Waals surface area contributed by atoms with Crippen LogP contribution in [0.1, 0.15) is 37.7 Å². The van der Waals surface area contributed by atoms with E-state index >= 15 is 0 Å². The van der Waals surface area contributed by atoms with Gasteiger partial charge < -0.3 is 9.88 Å². The second-order valence-electron chi connectivity index (χ2n) is 8.59. The van der Waals surface area contributed by atoms with Gasteiger partial charge in [-0.1, -0.05) is 32.9 Å². The molecule has 7 heteroatoms. The molecular formula is C24H33N5O2. The van der Waals surface area contributed by atoms with E-state index in [2.05, 4.69) is 41.7 Å². The Hall–Kier alpha value is -3.03. The maximum atomic E-state index is 11.2. The predicted molar refractivity (Wildman–Crippen MR) is 125 cm³/mol. The summed E-state index contributed by atoms with van der Waals surface area (Å²) in [4.78, 5) is 20.3. The third kappa shape index (κ3) is 7.62. The number of benzene rings is 1. The van der Waals surface area contributed by atoms with Crippen molar-refractivity contribution >= 4 is 23.0 Å². The van der Waals surface area contributed by atoms with Crippen molar-refractivity contribution < 1.29 is 10.0 Å². The summed E-state index contributed by atoms with van der Waals surface area (Å²) in [5, 5.41) is 11.4. The average molecular weight is 424 g/mol. The molecule has 3 aromatic rings. The number of carbonyl (C=O) groups excluding carboxylic acids is 1. The number of aryl methyl sites for hydroxylation is 2. The number of nitrogens with zero attached hydrogens (tertiary/aromatic N) is 3. The van der Waals surface area contributed by atoms with Gasteiger partial charge in [0.2, 0.25) is 0 Å². The van der Waals surface area contributed by atoms with Crippen LogP contribution in [0.15, 0.2) is 48.8 Å². The van der Waals surface area contributed by atoms with Crippen molar-refractivity contribution in [3.63, 3.8) is 0 Å². The third-order valence-electron chi connectivity index (χ3n) is 4.38. The van der Waals surface area contributed by atoms with Crippen molar-refractivity contribution in [3.05, 3.63) is 65.8 Å². The van der Waals surface area contributed by atoms with Crippen molar-refractivity contribution in [3.8, 4) is 0 Å². The van der Waals surface area contributed by atoms with Gasteiger partial charge in [0, 0.05) is 31.4 Å². The second-order valence-corrected chi connectivity index (χ2v) is 8.59. The lowest BCUT2D eigenvalue weighted by Crippen LogP contribution is -2.17. The molecule has 2 aromatic heterocycles. The van der Waals surface area contributed by atoms with Gasteiger partial charge in [0.15, 0.2) is 0 Å². The van der Waals surface area contributed by atoms with Crippen molar-refractivity contribution in [2.45, 2.75) is 40.2 Å². The third-order valence-corrected chi connectivity index (χ3v) is 4.38. The first kappa shape index (κ1) is 24.2. The van der Waals surface area contributed by atoms with Crippen LogP contribution in [0, 0.1) is 5.41 Å². The Kier molecular flexibility index (Phi) is 8.90. The number of pyridine rings is 1. The molecule has 0 aliphatic rings. The molecule has 2 heterocycles. The standard InChI is InChI=1S/C22H26N4O2.C2H7N/c1-22(2,3)15-26-19-9-6-16(8-11-21(27)25-28)13-18(19)24-20(26)10-7-17-5-4-12-23-14-17;1-3-2/h4-6,8-9,11-14,28H,7,10,15H2,1-3H3,(H,25,27);3H,1-2H3/b11-8+;. The number of imidazole rings is 1. The van der Waals surface area contributed by atoms with E-state index in [-0.39, 0.29) is 5.41 Å². The van der Waals surface area contributed by atoms with Crippen LogP contribution in [0.3, 0.4) is 0 Å². The van der Waals surface area contributed by atoms with Gasteiger partial charge in [-0.15, -0.1) is 0 Å². The average Bonchev–Trinajstić information content (AvgIpc) is 3.07. The zero-order valence-corrected chi connectivity index (χ0v) is 19.0. The quantitative estimate of drug-likeness (QED) is 0.320. The van der Waals surface area contributed by atoms with Crippen LogP contribution in [0.4, 0.5) is 0 Å². The summed E-state index contributed by atoms with van der Waals surface area (Å²) in [5.74, 6) is 0.485. The Labute approximate surface area is 184 Å². The van der Waals surface area contributed by atoms with Gasteiger partial charge in [-0.3, -0.25) is 15.0 Å². The summed E-state index contributed by atoms with van der Waals surface area (Å²) >= 11 is 0. The highest BCUT2D eigenvalue weighted by atomic mass is 16.5. The van der Waals surface area contributed by atoms with Gasteiger partial charge in [-0.25, -0.2) is 10.5 Å². The highest BCUT2D eigenvalue weighted by molar-refractivity contribution is 5.91. The molecule has 7 nitrogen and oxygen atoms in total. The van der Waals surface area contributed by atoms with E-state index in [0.29, 0.717) is 0 Å². The van der Waals surface area contributed by atoms with Crippen molar-refractivity contribution in [2.24, 2.45) is 5.41 Å². The Morgan fingerprint density at radius 3 is 2.55 bits per heavy atom. The Morgan fingerprint density at radius 1 is 1.19 bits per heavy atom. The predicted octanol–water partition coefficient (Wildman–Crippen LogP) is 3.62. The summed E-state index contributed by atoms with van der Waals surface area (Å²) < 4.78 is 2.29. The normalized spacial score (nSPS) is 11.4. The van der Waals surface area contributed by atoms with E-state index in [9.17, 15) is 4.79 Å². The minimum atomic E-state index is -0.560. The first-order valence-electron chi connectivity index (χ1n) is 10.4. The summed E-state index contributed by atoms with van der Waals surface area (Å²) in [6.07, 6.45) is 8.33. The van der Waals surface area contributed by atoms with Crippen molar-refractivity contribution in [2.75, 3.05) is 14.1 Å². The van der Waals surface area contributed by atoms with Crippen LogP contribution in [-0.4, -0.2) is 39.7 Å². The fourth-order valence-electron chi connectivity index (χ4n) is 3.15. The lowest BCUT2D eigenvalue weighted by molar-refractivity contribution is -0.124. The molecule has 0 bridgehead atoms. The fourth-order valence-corrected chi connectivity index (χ4v) is 3.15. The SMILES string of the molecule is CC(C)(C)Cn1c(CCc2cccnc2)nc2cc(/C=C/C(=O)NO)ccc21.CNC. The molecule has 0 unspecified atom stereocenters. The van der Waals surface area contributed by atoms with Crippen molar-refractivity contribution in [1.82, 2.24) is 25.3 Å². The van der Waals surface area contributed by atoms with Gasteiger partial charge in [-0.2, -0.15) is 0 Å². The van der Waals surface area contributed by atoms with Gasteiger partial charge in [0.05, 0.1) is 11.0 Å². The van der Waals surface area contributed by atoms with Gasteiger partial charge in [0.25, 0.3) is 5.91 Å². The molecule has 0 aliphatic carbocycles. The molecule has 166 valence electrons. The Balaban J connectivity index is 0.00000107. The number of rotatable bonds is 6. The molecule has 3 N–H and O–H groups in total. The number of amides is 1. The number of nitrogens with one attached hydrogen (secondary N) is 2. The smallest absolute Gasteiger partial charge is 0.267 e. The second kappa shape index (κ2) is 11.4. The molecule has 0 radical (unpaired) electrons. The summed E-state index contributed by atoms with van der Waals surface area (Å²) in [6.45, 7) is 7.52. The molecule has 0 spiro atoms. The van der Waals surface area contributed by atoms with Crippen LogP contribution in [0.2, 0.25) is 0 Å². The van der Waals surface area contributed by atoms with Crippen LogP contribution in [-0.2, 0) is 24.2 Å². The minimum absolute atomic E-state index is 0.120. The number of hydrogen-bond donors (Lipinski definition) is 3. The van der Waals surface area contributed by atoms with Gasteiger partial charge in [0.1, 0.15) is 5.82 Å². The lowest BCUT2D eigenvalue weighted by Gasteiger charge is -2.21. The van der Waals surface area contributed by atoms with Crippen LogP contribution >= 0.6 is 0 Å². The van der Waals surface area contributed by atoms with Crippen molar-refractivity contribution in [1.29, 1.82) is 0 Å². The highest BCUT2D eigenvalue weighted by Gasteiger charge is 2.17. The Bertz CT molecular complexity index is 1000. The molecular weight excluding hydrogens is 390 g/mol.